The Kier molecular flexibility index (Phi) is 11.7. The van der Waals surface area contributed by atoms with E-state index in [2.05, 4.69) is 62.2 Å². The van der Waals surface area contributed by atoms with Gasteiger partial charge in [-0.1, -0.05) is 100.0 Å². The van der Waals surface area contributed by atoms with Crippen molar-refractivity contribution in [3.8, 4) is 22.9 Å². The zero-order valence-electron chi connectivity index (χ0n) is 32.5. The van der Waals surface area contributed by atoms with Crippen LogP contribution in [-0.2, 0) is 30.5 Å². The number of hydrogen-bond acceptors (Lipinski definition) is 10. The van der Waals surface area contributed by atoms with Crippen molar-refractivity contribution in [1.82, 2.24) is 30.0 Å². The van der Waals surface area contributed by atoms with Gasteiger partial charge in [-0.25, -0.2) is 26.2 Å². The van der Waals surface area contributed by atoms with E-state index in [-0.39, 0.29) is 30.7 Å². The third kappa shape index (κ3) is 8.46. The number of rotatable bonds is 8. The molecule has 0 radical (unpaired) electrons. The van der Waals surface area contributed by atoms with E-state index in [1.165, 1.54) is 16.5 Å². The second-order valence-electron chi connectivity index (χ2n) is 14.8. The van der Waals surface area contributed by atoms with Crippen LogP contribution in [0, 0.1) is 13.8 Å². The number of methoxy groups -OCH3 is 2. The van der Waals surface area contributed by atoms with Crippen molar-refractivity contribution in [2.24, 2.45) is 0 Å². The van der Waals surface area contributed by atoms with E-state index in [1.807, 2.05) is 36.4 Å². The van der Waals surface area contributed by atoms with E-state index in [1.54, 1.807) is 75.6 Å². The van der Waals surface area contributed by atoms with Gasteiger partial charge in [0, 0.05) is 5.02 Å². The molecule has 0 amide bonds. The van der Waals surface area contributed by atoms with E-state index in [9.17, 15) is 16.8 Å². The van der Waals surface area contributed by atoms with Crippen molar-refractivity contribution >= 4 is 31.3 Å². The van der Waals surface area contributed by atoms with E-state index < -0.39 is 19.7 Å². The first-order valence-electron chi connectivity index (χ1n) is 17.2. The maximum absolute atomic E-state index is 13.1. The second-order valence-corrected chi connectivity index (χ2v) is 19.0. The summed E-state index contributed by atoms with van der Waals surface area (Å²) in [5.74, 6) is 1.10. The van der Waals surface area contributed by atoms with Crippen molar-refractivity contribution in [1.29, 1.82) is 0 Å². The minimum absolute atomic E-state index is 0.0504. The minimum Gasteiger partial charge on any atom is -0.494 e. The molecule has 0 bridgehead atoms. The lowest BCUT2D eigenvalue weighted by Crippen LogP contribution is -2.12. The number of benzene rings is 4. The monoisotopic (exact) mass is 804 g/mol. The Hall–Kier alpha value is -5.05. The summed E-state index contributed by atoms with van der Waals surface area (Å²) in [6.07, 6.45) is 0. The lowest BCUT2D eigenvalue weighted by molar-refractivity contribution is 0.411. The molecule has 2 aromatic heterocycles. The van der Waals surface area contributed by atoms with Crippen LogP contribution in [0.25, 0.3) is 11.4 Å². The summed E-state index contributed by atoms with van der Waals surface area (Å²) < 4.78 is 65.9. The fourth-order valence-electron chi connectivity index (χ4n) is 5.71. The number of para-hydroxylation sites is 2. The van der Waals surface area contributed by atoms with Crippen molar-refractivity contribution in [3.05, 3.63) is 119 Å². The molecule has 0 saturated heterocycles. The van der Waals surface area contributed by atoms with Gasteiger partial charge in [0.1, 0.15) is 22.9 Å². The van der Waals surface area contributed by atoms with Crippen LogP contribution in [0.3, 0.4) is 0 Å². The van der Waals surface area contributed by atoms with Crippen LogP contribution in [0.2, 0.25) is 5.02 Å². The first kappa shape index (κ1) is 41.1. The zero-order valence-corrected chi connectivity index (χ0v) is 34.9. The molecule has 12 nitrogen and oxygen atoms in total. The third-order valence-electron chi connectivity index (χ3n) is 8.96. The lowest BCUT2D eigenvalue weighted by Gasteiger charge is -2.19. The average Bonchev–Trinajstić information content (AvgIpc) is 3.74. The van der Waals surface area contributed by atoms with Crippen molar-refractivity contribution < 1.29 is 26.3 Å². The molecule has 55 heavy (non-hydrogen) atoms. The fraction of sp³-hybridized carbons (Fsp3) is 0.300. The maximum Gasteiger partial charge on any atom is 0.227 e. The molecule has 290 valence electrons. The van der Waals surface area contributed by atoms with Gasteiger partial charge in [-0.05, 0) is 90.4 Å². The molecule has 0 atom stereocenters. The van der Waals surface area contributed by atoms with Gasteiger partial charge in [-0.3, -0.25) is 0 Å². The summed E-state index contributed by atoms with van der Waals surface area (Å²) >= 11 is 6.08. The summed E-state index contributed by atoms with van der Waals surface area (Å²) in [6, 6.07) is 26.1. The number of halogens is 1. The fourth-order valence-corrected chi connectivity index (χ4v) is 8.55. The molecule has 6 rings (SSSR count). The summed E-state index contributed by atoms with van der Waals surface area (Å²) in [7, 11) is -4.51. The molecule has 2 heterocycles. The highest BCUT2D eigenvalue weighted by Crippen LogP contribution is 2.32. The predicted octanol–water partition coefficient (Wildman–Crippen LogP) is 8.08. The number of hydrogen-bond donors (Lipinski definition) is 0. The van der Waals surface area contributed by atoms with E-state index in [4.69, 9.17) is 21.1 Å². The second kappa shape index (κ2) is 15.6. The molecule has 15 heteroatoms. The number of ether oxygens (including phenoxy) is 2. The molecule has 0 aliphatic rings. The van der Waals surface area contributed by atoms with Crippen molar-refractivity contribution in [3.63, 3.8) is 0 Å². The molecule has 4 aromatic carbocycles. The van der Waals surface area contributed by atoms with Crippen LogP contribution in [0.15, 0.2) is 111 Å². The molecular formula is C40H45ClN6O6S2. The zero-order chi connectivity index (χ0) is 40.5. The lowest BCUT2D eigenvalue weighted by atomic mass is 9.87. The highest BCUT2D eigenvalue weighted by atomic mass is 35.5. The molecule has 0 N–H and O–H groups in total. The summed E-state index contributed by atoms with van der Waals surface area (Å²) in [5, 5.41) is 16.3. The smallest absolute Gasteiger partial charge is 0.227 e. The highest BCUT2D eigenvalue weighted by Gasteiger charge is 2.29. The highest BCUT2D eigenvalue weighted by molar-refractivity contribution is 7.91. The Morgan fingerprint density at radius 1 is 0.564 bits per heavy atom. The average molecular weight is 805 g/mol. The van der Waals surface area contributed by atoms with Crippen molar-refractivity contribution in [2.75, 3.05) is 14.2 Å². The third-order valence-corrected chi connectivity index (χ3v) is 12.8. The Labute approximate surface area is 327 Å². The molecule has 0 spiro atoms. The molecule has 0 aliphatic carbocycles. The Morgan fingerprint density at radius 2 is 0.964 bits per heavy atom. The van der Waals surface area contributed by atoms with Gasteiger partial charge in [-0.15, -0.1) is 10.2 Å². The van der Waals surface area contributed by atoms with Crippen LogP contribution in [-0.4, -0.2) is 61.0 Å². The summed E-state index contributed by atoms with van der Waals surface area (Å²) in [6.45, 7) is 15.8. The number of nitrogens with zero attached hydrogens (tertiary/aromatic N) is 6. The molecule has 0 saturated carbocycles. The normalized spacial score (nSPS) is 12.2. The summed E-state index contributed by atoms with van der Waals surface area (Å²) in [5.41, 5.74) is 3.96. The van der Waals surface area contributed by atoms with Gasteiger partial charge < -0.3 is 9.47 Å². The standard InChI is InChI=1S/C20H22ClN3O3S.C20H23N3O3S/c1-13-19(22-23-24(13)17-12-15(21)8-11-18(17)27-5)28(25,26)16-9-6-14(7-10-16)20(2,3)4;1-14-19(21-22-23(14)17-8-6-7-9-18(17)26-5)27(24,25)16-12-10-15(11-13-16)20(2,3)4/h6-12H,1-5H3;6-13H,1-5H3. The predicted molar refractivity (Wildman–Crippen MR) is 211 cm³/mol. The molecule has 6 aromatic rings. The van der Waals surface area contributed by atoms with Gasteiger partial charge >= 0.3 is 0 Å². The maximum atomic E-state index is 13.1. The van der Waals surface area contributed by atoms with Crippen LogP contribution in [0.1, 0.15) is 64.1 Å². The number of aromatic nitrogens is 6. The summed E-state index contributed by atoms with van der Waals surface area (Å²) in [4.78, 5) is 0.374. The molecule has 0 aliphatic heterocycles. The Morgan fingerprint density at radius 3 is 1.38 bits per heavy atom. The molecule has 0 unspecified atom stereocenters. The minimum atomic E-state index is -3.82. The Balaban J connectivity index is 0.000000211. The van der Waals surface area contributed by atoms with Crippen LogP contribution < -0.4 is 9.47 Å². The first-order chi connectivity index (χ1) is 25.7. The van der Waals surface area contributed by atoms with Crippen molar-refractivity contribution in [2.45, 2.75) is 86.1 Å². The van der Waals surface area contributed by atoms with Gasteiger partial charge in [0.25, 0.3) is 0 Å². The van der Waals surface area contributed by atoms with Crippen LogP contribution >= 0.6 is 11.6 Å². The van der Waals surface area contributed by atoms with Crippen LogP contribution in [0.5, 0.6) is 11.5 Å². The van der Waals surface area contributed by atoms with Gasteiger partial charge in [0.2, 0.25) is 29.7 Å². The van der Waals surface area contributed by atoms with E-state index in [0.29, 0.717) is 39.3 Å². The topological polar surface area (TPSA) is 148 Å². The largest absolute Gasteiger partial charge is 0.494 e. The Bertz CT molecular complexity index is 2530. The first-order valence-corrected chi connectivity index (χ1v) is 20.6. The molecule has 0 fully saturated rings. The van der Waals surface area contributed by atoms with Crippen LogP contribution in [0.4, 0.5) is 0 Å². The quantitative estimate of drug-likeness (QED) is 0.148. The molecular weight excluding hydrogens is 760 g/mol. The van der Waals surface area contributed by atoms with Gasteiger partial charge in [0.05, 0.1) is 35.4 Å². The van der Waals surface area contributed by atoms with Gasteiger partial charge in [0.15, 0.2) is 0 Å². The van der Waals surface area contributed by atoms with E-state index in [0.717, 1.165) is 11.1 Å². The van der Waals surface area contributed by atoms with E-state index >= 15 is 0 Å². The van der Waals surface area contributed by atoms with Gasteiger partial charge in [-0.2, -0.15) is 0 Å². The SMILES string of the molecule is COc1ccc(Cl)cc1-n1nnc(S(=O)(=O)c2ccc(C(C)(C)C)cc2)c1C.COc1ccccc1-n1nnc(S(=O)(=O)c2ccc(C(C)(C)C)cc2)c1C. The number of sulfone groups is 2.